The molecule has 0 amide bonds. The summed E-state index contributed by atoms with van der Waals surface area (Å²) in [5.74, 6) is 0. The zero-order valence-electron chi connectivity index (χ0n) is 7.39. The molecule has 0 saturated heterocycles. The quantitative estimate of drug-likeness (QED) is 0.523. The predicted octanol–water partition coefficient (Wildman–Crippen LogP) is 2.68. The molecule has 2 heteroatoms. The third-order valence-corrected chi connectivity index (χ3v) is 3.07. The number of pyridine rings is 1. The van der Waals surface area contributed by atoms with E-state index in [1.165, 1.54) is 17.7 Å². The van der Waals surface area contributed by atoms with E-state index in [0.717, 1.165) is 12.1 Å². The second-order valence-corrected chi connectivity index (χ2v) is 6.43. The number of hydrogen-bond donors (Lipinski definition) is 0. The van der Waals surface area contributed by atoms with E-state index < -0.39 is 0 Å². The number of fused-ring (bicyclic) bond motifs is 1. The van der Waals surface area contributed by atoms with Crippen LogP contribution in [0.2, 0.25) is 0 Å². The van der Waals surface area contributed by atoms with E-state index in [2.05, 4.69) is 53.6 Å². The molecule has 0 fully saturated rings. The fourth-order valence-corrected chi connectivity index (χ4v) is 2.53. The second kappa shape index (κ2) is 2.69. The zero-order chi connectivity index (χ0) is 8.77. The fraction of sp³-hybridized carbons (Fsp3) is 0.500. The molecule has 1 aromatic heterocycles. The van der Waals surface area contributed by atoms with Gasteiger partial charge < -0.3 is 0 Å². The van der Waals surface area contributed by atoms with E-state index in [4.69, 9.17) is 0 Å². The molecule has 12 heavy (non-hydrogen) atoms. The molecule has 0 bridgehead atoms. The topological polar surface area (TPSA) is 12.9 Å². The lowest BCUT2D eigenvalue weighted by atomic mass is 10.1. The van der Waals surface area contributed by atoms with Gasteiger partial charge >= 0.3 is 0 Å². The summed E-state index contributed by atoms with van der Waals surface area (Å²) in [4.78, 5) is 4.54. The van der Waals surface area contributed by atoms with Crippen molar-refractivity contribution in [3.05, 3.63) is 29.1 Å². The summed E-state index contributed by atoms with van der Waals surface area (Å²) in [6.07, 6.45) is 2.31. The number of halogens is 1. The van der Waals surface area contributed by atoms with E-state index in [9.17, 15) is 0 Å². The molecule has 1 aromatic rings. The average Bonchev–Trinajstić information content (AvgIpc) is 2.21. The van der Waals surface area contributed by atoms with Gasteiger partial charge in [-0.05, 0) is 31.9 Å². The van der Waals surface area contributed by atoms with Gasteiger partial charge in [0.2, 0.25) is 0 Å². The Hall–Kier alpha value is -0.120. The Morgan fingerprint density at radius 2 is 2.17 bits per heavy atom. The van der Waals surface area contributed by atoms with Gasteiger partial charge in [0.05, 0.1) is 0 Å². The molecule has 64 valence electrons. The molecule has 1 aliphatic rings. The maximum absolute atomic E-state index is 4.54. The van der Waals surface area contributed by atoms with Gasteiger partial charge in [0.15, 0.2) is 0 Å². The molecule has 0 radical (unpaired) electrons. The zero-order valence-corrected chi connectivity index (χ0v) is 9.55. The predicted molar refractivity (Wildman–Crippen MR) is 58.8 cm³/mol. The van der Waals surface area contributed by atoms with Crippen molar-refractivity contribution in [2.24, 2.45) is 0 Å². The highest BCUT2D eigenvalue weighted by molar-refractivity contribution is 14.1. The largest absolute Gasteiger partial charge is 0.258 e. The van der Waals surface area contributed by atoms with E-state index in [0.29, 0.717) is 3.42 Å². The Labute approximate surface area is 86.7 Å². The third kappa shape index (κ3) is 1.49. The van der Waals surface area contributed by atoms with Crippen LogP contribution in [-0.2, 0) is 12.8 Å². The molecule has 2 rings (SSSR count). The molecule has 1 aliphatic carbocycles. The van der Waals surface area contributed by atoms with Crippen LogP contribution in [0.5, 0.6) is 0 Å². The molecule has 1 atom stereocenters. The van der Waals surface area contributed by atoms with Crippen LogP contribution < -0.4 is 0 Å². The molecule has 0 N–H and O–H groups in total. The van der Waals surface area contributed by atoms with Crippen molar-refractivity contribution < 1.29 is 0 Å². The highest BCUT2D eigenvalue weighted by Gasteiger charge is 2.30. The van der Waals surface area contributed by atoms with E-state index in [1.807, 2.05) is 0 Å². The summed E-state index contributed by atoms with van der Waals surface area (Å²) < 4.78 is 0.404. The van der Waals surface area contributed by atoms with E-state index in [1.54, 1.807) is 0 Å². The van der Waals surface area contributed by atoms with Gasteiger partial charge in [-0.3, -0.25) is 4.98 Å². The summed E-state index contributed by atoms with van der Waals surface area (Å²) in [6.45, 7) is 4.35. The van der Waals surface area contributed by atoms with Gasteiger partial charge in [0, 0.05) is 21.2 Å². The number of hydrogen-bond acceptors (Lipinski definition) is 1. The van der Waals surface area contributed by atoms with Gasteiger partial charge in [-0.15, -0.1) is 0 Å². The summed E-state index contributed by atoms with van der Waals surface area (Å²) in [6, 6.07) is 4.33. The van der Waals surface area contributed by atoms with Crippen LogP contribution in [0.3, 0.4) is 0 Å². The monoisotopic (exact) mass is 273 g/mol. The molecule has 0 spiro atoms. The van der Waals surface area contributed by atoms with Crippen LogP contribution in [-0.4, -0.2) is 8.41 Å². The molecule has 1 nitrogen and oxygen atoms in total. The second-order valence-electron chi connectivity index (χ2n) is 3.83. The maximum atomic E-state index is 4.54. The normalized spacial score (nSPS) is 27.2. The van der Waals surface area contributed by atoms with Crippen LogP contribution in [0.1, 0.15) is 23.9 Å². The van der Waals surface area contributed by atoms with Crippen LogP contribution in [0.4, 0.5) is 0 Å². The van der Waals surface area contributed by atoms with Crippen LogP contribution in [0, 0.1) is 6.92 Å². The summed E-state index contributed by atoms with van der Waals surface area (Å²) in [7, 11) is 0. The van der Waals surface area contributed by atoms with Crippen LogP contribution in [0.15, 0.2) is 12.1 Å². The van der Waals surface area contributed by atoms with Gasteiger partial charge in [0.1, 0.15) is 0 Å². The first-order chi connectivity index (χ1) is 5.57. The lowest BCUT2D eigenvalue weighted by Gasteiger charge is -2.11. The molecular weight excluding hydrogens is 261 g/mol. The Morgan fingerprint density at radius 1 is 1.42 bits per heavy atom. The van der Waals surface area contributed by atoms with Crippen molar-refractivity contribution in [1.82, 2.24) is 4.98 Å². The van der Waals surface area contributed by atoms with Crippen LogP contribution >= 0.6 is 22.6 Å². The molecule has 0 saturated carbocycles. The highest BCUT2D eigenvalue weighted by Crippen LogP contribution is 2.35. The number of alkyl halides is 1. The first-order valence-corrected chi connectivity index (χ1v) is 5.29. The Kier molecular flexibility index (Phi) is 1.90. The average molecular weight is 273 g/mol. The smallest absolute Gasteiger partial charge is 0.0452 e. The van der Waals surface area contributed by atoms with E-state index >= 15 is 0 Å². The molecule has 0 aromatic carbocycles. The molecule has 1 heterocycles. The molecule has 1 unspecified atom stereocenters. The summed E-state index contributed by atoms with van der Waals surface area (Å²) in [5, 5.41) is 0. The Bertz CT molecular complexity index is 318. The van der Waals surface area contributed by atoms with Gasteiger partial charge in [0.25, 0.3) is 0 Å². The molecule has 0 aliphatic heterocycles. The maximum Gasteiger partial charge on any atom is 0.0452 e. The summed E-state index contributed by atoms with van der Waals surface area (Å²) in [5.41, 5.74) is 3.90. The van der Waals surface area contributed by atoms with Crippen molar-refractivity contribution in [3.63, 3.8) is 0 Å². The minimum absolute atomic E-state index is 0.404. The van der Waals surface area contributed by atoms with Crippen LogP contribution in [0.25, 0.3) is 0 Å². The Morgan fingerprint density at radius 3 is 2.92 bits per heavy atom. The lowest BCUT2D eigenvalue weighted by molar-refractivity contribution is 0.720. The van der Waals surface area contributed by atoms with Gasteiger partial charge in [-0.1, -0.05) is 28.7 Å². The molecular formula is C10H12IN. The number of rotatable bonds is 0. The van der Waals surface area contributed by atoms with Crippen molar-refractivity contribution in [2.45, 2.75) is 30.1 Å². The number of aryl methyl sites for hydroxylation is 1. The van der Waals surface area contributed by atoms with Crippen molar-refractivity contribution in [1.29, 1.82) is 0 Å². The standard InChI is InChI=1S/C10H12IN/c1-7-3-4-8-5-10(2,11)6-9(8)12-7/h3-4H,5-6H2,1-2H3. The first-order valence-electron chi connectivity index (χ1n) is 4.21. The fourth-order valence-electron chi connectivity index (χ4n) is 1.76. The minimum Gasteiger partial charge on any atom is -0.258 e. The number of nitrogens with zero attached hydrogens (tertiary/aromatic N) is 1. The third-order valence-electron chi connectivity index (χ3n) is 2.30. The van der Waals surface area contributed by atoms with Gasteiger partial charge in [-0.2, -0.15) is 0 Å². The number of aromatic nitrogens is 1. The van der Waals surface area contributed by atoms with Gasteiger partial charge in [-0.25, -0.2) is 0 Å². The Balaban J connectivity index is 2.43. The van der Waals surface area contributed by atoms with Crippen molar-refractivity contribution >= 4 is 22.6 Å². The highest BCUT2D eigenvalue weighted by atomic mass is 127. The first kappa shape index (κ1) is 8.48. The SMILES string of the molecule is Cc1ccc2c(n1)CC(C)(I)C2. The van der Waals surface area contributed by atoms with Crippen molar-refractivity contribution in [2.75, 3.05) is 0 Å². The van der Waals surface area contributed by atoms with Crippen molar-refractivity contribution in [3.8, 4) is 0 Å². The van der Waals surface area contributed by atoms with E-state index in [-0.39, 0.29) is 0 Å². The summed E-state index contributed by atoms with van der Waals surface area (Å²) >= 11 is 2.53. The minimum atomic E-state index is 0.404. The lowest BCUT2D eigenvalue weighted by Crippen LogP contribution is -2.14.